The minimum absolute atomic E-state index is 0.0539. The van der Waals surface area contributed by atoms with Crippen molar-refractivity contribution in [1.29, 1.82) is 0 Å². The van der Waals surface area contributed by atoms with Crippen molar-refractivity contribution < 1.29 is 14.1 Å². The molecule has 20 heavy (non-hydrogen) atoms. The molecule has 0 unspecified atom stereocenters. The summed E-state index contributed by atoms with van der Waals surface area (Å²) in [5.41, 5.74) is 5.99. The lowest BCUT2D eigenvalue weighted by Gasteiger charge is -2.11. The number of nitro benzene ring substituents is 1. The summed E-state index contributed by atoms with van der Waals surface area (Å²) in [6, 6.07) is 8.97. The van der Waals surface area contributed by atoms with E-state index in [4.69, 9.17) is 10.5 Å². The molecule has 2 aromatic carbocycles. The second-order valence-corrected chi connectivity index (χ2v) is 4.20. The van der Waals surface area contributed by atoms with Crippen molar-refractivity contribution in [2.45, 2.75) is 13.5 Å². The maximum absolute atomic E-state index is 13.6. The van der Waals surface area contributed by atoms with E-state index in [2.05, 4.69) is 0 Å². The lowest BCUT2D eigenvalue weighted by atomic mass is 10.1. The molecule has 0 aromatic heterocycles. The highest BCUT2D eigenvalue weighted by Gasteiger charge is 2.20. The molecule has 104 valence electrons. The summed E-state index contributed by atoms with van der Waals surface area (Å²) < 4.78 is 19.1. The summed E-state index contributed by atoms with van der Waals surface area (Å²) in [6.07, 6.45) is 0. The van der Waals surface area contributed by atoms with Crippen molar-refractivity contribution in [2.24, 2.45) is 5.73 Å². The number of para-hydroxylation sites is 1. The molecule has 2 N–H and O–H groups in total. The Morgan fingerprint density at radius 2 is 1.90 bits per heavy atom. The number of hydrogen-bond acceptors (Lipinski definition) is 4. The molecule has 2 rings (SSSR count). The van der Waals surface area contributed by atoms with Crippen molar-refractivity contribution >= 4 is 5.69 Å². The topological polar surface area (TPSA) is 78.4 Å². The van der Waals surface area contributed by atoms with Gasteiger partial charge in [-0.05, 0) is 25.1 Å². The number of hydrogen-bond donors (Lipinski definition) is 1. The first-order valence-electron chi connectivity index (χ1n) is 5.94. The fraction of sp³-hybridized carbons (Fsp3) is 0.143. The molecule has 6 heteroatoms. The minimum atomic E-state index is -0.522. The van der Waals surface area contributed by atoms with E-state index in [1.54, 1.807) is 19.1 Å². The number of ether oxygens (including phenoxy) is 1. The van der Waals surface area contributed by atoms with Crippen LogP contribution in [0.1, 0.15) is 11.1 Å². The Bertz CT molecular complexity index is 659. The second kappa shape index (κ2) is 5.66. The maximum atomic E-state index is 13.6. The summed E-state index contributed by atoms with van der Waals surface area (Å²) in [5.74, 6) is -0.253. The molecule has 0 fully saturated rings. The SMILES string of the molecule is Cc1cccc(Oc2cccc(F)c2CN)c1[N+](=O)[O-]. The average Bonchev–Trinajstić information content (AvgIpc) is 2.38. The Morgan fingerprint density at radius 1 is 1.25 bits per heavy atom. The molecule has 0 bridgehead atoms. The van der Waals surface area contributed by atoms with Gasteiger partial charge in [-0.1, -0.05) is 18.2 Å². The molecule has 0 saturated carbocycles. The van der Waals surface area contributed by atoms with E-state index in [0.717, 1.165) is 0 Å². The van der Waals surface area contributed by atoms with Crippen molar-refractivity contribution in [2.75, 3.05) is 0 Å². The number of aryl methyl sites for hydroxylation is 1. The first-order chi connectivity index (χ1) is 9.54. The first-order valence-corrected chi connectivity index (χ1v) is 5.94. The smallest absolute Gasteiger partial charge is 0.314 e. The van der Waals surface area contributed by atoms with Crippen LogP contribution in [0.2, 0.25) is 0 Å². The van der Waals surface area contributed by atoms with Crippen LogP contribution >= 0.6 is 0 Å². The molecule has 0 spiro atoms. The monoisotopic (exact) mass is 276 g/mol. The molecule has 2 aromatic rings. The fourth-order valence-electron chi connectivity index (χ4n) is 1.90. The predicted octanol–water partition coefficient (Wildman–Crippen LogP) is 3.29. The van der Waals surface area contributed by atoms with Crippen molar-refractivity contribution in [3.05, 3.63) is 63.5 Å². The zero-order valence-electron chi connectivity index (χ0n) is 10.8. The average molecular weight is 276 g/mol. The lowest BCUT2D eigenvalue weighted by Crippen LogP contribution is -2.03. The van der Waals surface area contributed by atoms with Crippen molar-refractivity contribution in [1.82, 2.24) is 0 Å². The molecule has 0 radical (unpaired) electrons. The van der Waals surface area contributed by atoms with E-state index in [-0.39, 0.29) is 29.3 Å². The van der Waals surface area contributed by atoms with Crippen molar-refractivity contribution in [3.8, 4) is 11.5 Å². The van der Waals surface area contributed by atoms with Gasteiger partial charge in [0.05, 0.1) is 4.92 Å². The van der Waals surface area contributed by atoms with Gasteiger partial charge in [0.15, 0.2) is 0 Å². The van der Waals surface area contributed by atoms with E-state index in [1.165, 1.54) is 24.3 Å². The summed E-state index contributed by atoms with van der Waals surface area (Å²) >= 11 is 0. The van der Waals surface area contributed by atoms with Gasteiger partial charge in [-0.25, -0.2) is 4.39 Å². The highest BCUT2D eigenvalue weighted by Crippen LogP contribution is 2.35. The number of nitrogens with zero attached hydrogens (tertiary/aromatic N) is 1. The van der Waals surface area contributed by atoms with Gasteiger partial charge in [0, 0.05) is 17.7 Å². The van der Waals surface area contributed by atoms with E-state index in [0.29, 0.717) is 5.56 Å². The molecular weight excluding hydrogens is 263 g/mol. The Labute approximate surface area is 114 Å². The molecule has 0 amide bonds. The standard InChI is InChI=1S/C14H13FN2O3/c1-9-4-2-7-13(14(9)17(18)19)20-12-6-3-5-11(15)10(12)8-16/h2-7H,8,16H2,1H3. The summed E-state index contributed by atoms with van der Waals surface area (Å²) in [6.45, 7) is 1.56. The van der Waals surface area contributed by atoms with Crippen LogP contribution in [-0.4, -0.2) is 4.92 Å². The molecule has 0 heterocycles. The molecule has 0 atom stereocenters. The van der Waals surface area contributed by atoms with Crippen LogP contribution in [0.4, 0.5) is 10.1 Å². The zero-order chi connectivity index (χ0) is 14.7. The van der Waals surface area contributed by atoms with Gasteiger partial charge in [0.1, 0.15) is 11.6 Å². The maximum Gasteiger partial charge on any atom is 0.314 e. The van der Waals surface area contributed by atoms with Gasteiger partial charge in [0.25, 0.3) is 0 Å². The minimum Gasteiger partial charge on any atom is -0.450 e. The predicted molar refractivity (Wildman–Crippen MR) is 72.2 cm³/mol. The quantitative estimate of drug-likeness (QED) is 0.686. The summed E-state index contributed by atoms with van der Waals surface area (Å²) in [5, 5.41) is 11.1. The Balaban J connectivity index is 2.48. The number of nitrogens with two attached hydrogens (primary N) is 1. The Hall–Kier alpha value is -2.47. The Morgan fingerprint density at radius 3 is 2.55 bits per heavy atom. The van der Waals surface area contributed by atoms with Crippen LogP contribution in [-0.2, 0) is 6.54 Å². The van der Waals surface area contributed by atoms with E-state index in [9.17, 15) is 14.5 Å². The number of rotatable bonds is 4. The number of halogens is 1. The van der Waals surface area contributed by atoms with Crippen LogP contribution < -0.4 is 10.5 Å². The van der Waals surface area contributed by atoms with Crippen LogP contribution in [0.5, 0.6) is 11.5 Å². The van der Waals surface area contributed by atoms with E-state index >= 15 is 0 Å². The summed E-state index contributed by atoms with van der Waals surface area (Å²) in [4.78, 5) is 10.6. The third-order valence-corrected chi connectivity index (χ3v) is 2.88. The van der Waals surface area contributed by atoms with Crippen LogP contribution in [0, 0.1) is 22.9 Å². The third kappa shape index (κ3) is 2.60. The van der Waals surface area contributed by atoms with Crippen LogP contribution in [0.15, 0.2) is 36.4 Å². The van der Waals surface area contributed by atoms with Gasteiger partial charge in [-0.15, -0.1) is 0 Å². The van der Waals surface area contributed by atoms with E-state index < -0.39 is 10.7 Å². The molecule has 0 saturated heterocycles. The molecule has 0 aliphatic carbocycles. The lowest BCUT2D eigenvalue weighted by molar-refractivity contribution is -0.386. The van der Waals surface area contributed by atoms with Crippen LogP contribution in [0.3, 0.4) is 0 Å². The molecular formula is C14H13FN2O3. The van der Waals surface area contributed by atoms with E-state index in [1.807, 2.05) is 0 Å². The van der Waals surface area contributed by atoms with Gasteiger partial charge < -0.3 is 10.5 Å². The molecule has 0 aliphatic heterocycles. The van der Waals surface area contributed by atoms with Gasteiger partial charge in [0.2, 0.25) is 5.75 Å². The molecule has 5 nitrogen and oxygen atoms in total. The third-order valence-electron chi connectivity index (χ3n) is 2.88. The molecule has 0 aliphatic rings. The van der Waals surface area contributed by atoms with Gasteiger partial charge in [-0.3, -0.25) is 10.1 Å². The summed E-state index contributed by atoms with van der Waals surface area (Å²) in [7, 11) is 0. The second-order valence-electron chi connectivity index (χ2n) is 4.20. The number of benzene rings is 2. The Kier molecular flexibility index (Phi) is 3.95. The normalized spacial score (nSPS) is 10.3. The van der Waals surface area contributed by atoms with Crippen LogP contribution in [0.25, 0.3) is 0 Å². The highest BCUT2D eigenvalue weighted by atomic mass is 19.1. The largest absolute Gasteiger partial charge is 0.450 e. The fourth-order valence-corrected chi connectivity index (χ4v) is 1.90. The highest BCUT2D eigenvalue weighted by molar-refractivity contribution is 5.54. The first kappa shape index (κ1) is 14.0. The van der Waals surface area contributed by atoms with Gasteiger partial charge >= 0.3 is 5.69 Å². The number of nitro groups is 1. The zero-order valence-corrected chi connectivity index (χ0v) is 10.8. The van der Waals surface area contributed by atoms with Gasteiger partial charge in [-0.2, -0.15) is 0 Å². The van der Waals surface area contributed by atoms with Crippen molar-refractivity contribution in [3.63, 3.8) is 0 Å².